The van der Waals surface area contributed by atoms with Gasteiger partial charge in [0.25, 0.3) is 0 Å². The van der Waals surface area contributed by atoms with Crippen LogP contribution in [-0.2, 0) is 4.74 Å². The first-order valence-electron chi connectivity index (χ1n) is 11.3. The largest absolute Gasteiger partial charge is 0.444 e. The summed E-state index contributed by atoms with van der Waals surface area (Å²) >= 11 is 0. The van der Waals surface area contributed by atoms with Crippen LogP contribution < -0.4 is 5.73 Å². The molecule has 0 radical (unpaired) electrons. The van der Waals surface area contributed by atoms with E-state index >= 15 is 0 Å². The maximum Gasteiger partial charge on any atom is 0.410 e. The van der Waals surface area contributed by atoms with Crippen molar-refractivity contribution < 1.29 is 14.1 Å². The standard InChI is InChI=1S/C26H28N4O3/c1-26(2,3)32-25(31)30-12-4-5-22(30)21-13-19(15-28-21)17-8-6-16(7-9-17)18-10-11-20-23(14-18)33-29-24(20)27/h6-11,14-15,22H,4-5,12-13H2,1-3H3,(H2,27,29). The Morgan fingerprint density at radius 3 is 2.61 bits per heavy atom. The van der Waals surface area contributed by atoms with Gasteiger partial charge in [-0.25, -0.2) is 4.79 Å². The number of aromatic nitrogens is 1. The Bertz CT molecular complexity index is 1260. The summed E-state index contributed by atoms with van der Waals surface area (Å²) in [6.07, 6.45) is 4.31. The van der Waals surface area contributed by atoms with Crippen molar-refractivity contribution in [3.63, 3.8) is 0 Å². The van der Waals surface area contributed by atoms with Crippen molar-refractivity contribution in [1.82, 2.24) is 10.1 Å². The molecule has 0 aliphatic carbocycles. The number of nitrogen functional groups attached to an aromatic ring is 1. The summed E-state index contributed by atoms with van der Waals surface area (Å²) in [5.74, 6) is 0.406. The number of nitrogens with two attached hydrogens (primary N) is 1. The van der Waals surface area contributed by atoms with Crippen molar-refractivity contribution in [2.45, 2.75) is 51.7 Å². The average Bonchev–Trinajstić information content (AvgIpc) is 3.52. The zero-order chi connectivity index (χ0) is 23.2. The molecule has 2 aliphatic heterocycles. The van der Waals surface area contributed by atoms with Crippen LogP contribution in [0.2, 0.25) is 0 Å². The highest BCUT2D eigenvalue weighted by atomic mass is 16.6. The van der Waals surface area contributed by atoms with Crippen LogP contribution in [0.3, 0.4) is 0 Å². The number of fused-ring (bicyclic) bond motifs is 1. The van der Waals surface area contributed by atoms with Gasteiger partial charge in [0.2, 0.25) is 0 Å². The lowest BCUT2D eigenvalue weighted by Gasteiger charge is -2.28. The van der Waals surface area contributed by atoms with E-state index in [-0.39, 0.29) is 12.1 Å². The topological polar surface area (TPSA) is 94.0 Å². The second-order valence-electron chi connectivity index (χ2n) is 9.64. The number of amides is 1. The second-order valence-corrected chi connectivity index (χ2v) is 9.64. The molecule has 170 valence electrons. The predicted molar refractivity (Wildman–Crippen MR) is 130 cm³/mol. The maximum absolute atomic E-state index is 12.6. The van der Waals surface area contributed by atoms with Gasteiger partial charge in [-0.05, 0) is 68.0 Å². The third-order valence-corrected chi connectivity index (χ3v) is 6.11. The van der Waals surface area contributed by atoms with Crippen LogP contribution in [0, 0.1) is 0 Å². The van der Waals surface area contributed by atoms with Crippen LogP contribution in [0.1, 0.15) is 45.6 Å². The Hall–Kier alpha value is -3.61. The first kappa shape index (κ1) is 21.2. The maximum atomic E-state index is 12.6. The van der Waals surface area contributed by atoms with Crippen molar-refractivity contribution in [2.24, 2.45) is 4.99 Å². The summed E-state index contributed by atoms with van der Waals surface area (Å²) in [5.41, 5.74) is 11.4. The molecule has 1 unspecified atom stereocenters. The summed E-state index contributed by atoms with van der Waals surface area (Å²) < 4.78 is 10.9. The monoisotopic (exact) mass is 444 g/mol. The van der Waals surface area contributed by atoms with Gasteiger partial charge in [0.15, 0.2) is 11.4 Å². The highest BCUT2D eigenvalue weighted by Gasteiger charge is 2.36. The fourth-order valence-electron chi connectivity index (χ4n) is 4.49. The Balaban J connectivity index is 1.27. The van der Waals surface area contributed by atoms with E-state index in [4.69, 9.17) is 20.0 Å². The molecular formula is C26H28N4O3. The molecule has 1 aromatic heterocycles. The molecule has 1 atom stereocenters. The van der Waals surface area contributed by atoms with Crippen LogP contribution in [-0.4, -0.2) is 40.0 Å². The summed E-state index contributed by atoms with van der Waals surface area (Å²) in [4.78, 5) is 19.2. The van der Waals surface area contributed by atoms with Crippen LogP contribution in [0.5, 0.6) is 0 Å². The van der Waals surface area contributed by atoms with Gasteiger partial charge in [0, 0.05) is 24.9 Å². The molecule has 5 rings (SSSR count). The second kappa shape index (κ2) is 8.06. The highest BCUT2D eigenvalue weighted by Crippen LogP contribution is 2.32. The smallest absolute Gasteiger partial charge is 0.410 e. The molecule has 33 heavy (non-hydrogen) atoms. The van der Waals surface area contributed by atoms with E-state index < -0.39 is 5.60 Å². The Morgan fingerprint density at radius 1 is 1.12 bits per heavy atom. The summed E-state index contributed by atoms with van der Waals surface area (Å²) in [6.45, 7) is 6.39. The minimum atomic E-state index is -0.503. The quantitative estimate of drug-likeness (QED) is 0.562. The van der Waals surface area contributed by atoms with E-state index in [0.717, 1.165) is 52.6 Å². The van der Waals surface area contributed by atoms with Gasteiger partial charge < -0.3 is 15.0 Å². The van der Waals surface area contributed by atoms with E-state index in [0.29, 0.717) is 17.9 Å². The normalized spacial score (nSPS) is 18.5. The zero-order valence-corrected chi connectivity index (χ0v) is 19.2. The number of aliphatic imine (C=N–C) groups is 1. The van der Waals surface area contributed by atoms with E-state index in [1.165, 1.54) is 0 Å². The van der Waals surface area contributed by atoms with Crippen LogP contribution in [0.15, 0.2) is 58.2 Å². The number of nitrogens with zero attached hydrogens (tertiary/aromatic N) is 3. The fraction of sp³-hybridized carbons (Fsp3) is 0.346. The number of ether oxygens (including phenoxy) is 1. The number of benzene rings is 2. The number of hydrogen-bond acceptors (Lipinski definition) is 6. The lowest BCUT2D eigenvalue weighted by atomic mass is 9.96. The molecule has 1 amide bonds. The Labute approximate surface area is 192 Å². The number of carbonyl (C=O) groups is 1. The third kappa shape index (κ3) is 4.23. The van der Waals surface area contributed by atoms with Crippen molar-refractivity contribution in [2.75, 3.05) is 12.3 Å². The molecule has 2 aromatic carbocycles. The molecule has 0 saturated carbocycles. The predicted octanol–water partition coefficient (Wildman–Crippen LogP) is 5.66. The summed E-state index contributed by atoms with van der Waals surface area (Å²) in [5, 5.41) is 4.64. The van der Waals surface area contributed by atoms with Crippen molar-refractivity contribution in [1.29, 1.82) is 0 Å². The number of rotatable bonds is 3. The lowest BCUT2D eigenvalue weighted by Crippen LogP contribution is -2.43. The molecule has 1 saturated heterocycles. The molecule has 2 N–H and O–H groups in total. The molecule has 3 aromatic rings. The number of likely N-dealkylation sites (tertiary alicyclic amines) is 1. The summed E-state index contributed by atoms with van der Waals surface area (Å²) in [6, 6.07) is 14.3. The molecule has 7 heteroatoms. The van der Waals surface area contributed by atoms with Gasteiger partial charge in [-0.3, -0.25) is 9.89 Å². The van der Waals surface area contributed by atoms with Gasteiger partial charge in [-0.2, -0.15) is 0 Å². The number of carbonyl (C=O) groups excluding carboxylic acids is 1. The third-order valence-electron chi connectivity index (χ3n) is 6.11. The van der Waals surface area contributed by atoms with Gasteiger partial charge in [0.1, 0.15) is 5.60 Å². The van der Waals surface area contributed by atoms with Crippen molar-refractivity contribution in [3.05, 3.63) is 54.2 Å². The SMILES string of the molecule is CC(C)(C)OC(=O)N1CCCC1C1=NC=C(c2ccc(-c3ccc4c(N)noc4c3)cc2)C1. The molecular weight excluding hydrogens is 416 g/mol. The van der Waals surface area contributed by atoms with Crippen molar-refractivity contribution in [3.8, 4) is 11.1 Å². The molecule has 0 spiro atoms. The first-order valence-corrected chi connectivity index (χ1v) is 11.3. The van der Waals surface area contributed by atoms with E-state index in [1.54, 1.807) is 0 Å². The highest BCUT2D eigenvalue weighted by molar-refractivity contribution is 6.03. The zero-order valence-electron chi connectivity index (χ0n) is 19.2. The van der Waals surface area contributed by atoms with Gasteiger partial charge >= 0.3 is 6.09 Å². The number of allylic oxidation sites excluding steroid dienone is 1. The number of hydrogen-bond donors (Lipinski definition) is 1. The van der Waals surface area contributed by atoms with Gasteiger partial charge in [-0.15, -0.1) is 0 Å². The Morgan fingerprint density at radius 2 is 1.85 bits per heavy atom. The molecule has 0 bridgehead atoms. The van der Waals surface area contributed by atoms with Crippen LogP contribution >= 0.6 is 0 Å². The molecule has 7 nitrogen and oxygen atoms in total. The van der Waals surface area contributed by atoms with Crippen LogP contribution in [0.25, 0.3) is 27.7 Å². The molecule has 3 heterocycles. The van der Waals surface area contributed by atoms with E-state index in [2.05, 4.69) is 29.4 Å². The number of anilines is 1. The average molecular weight is 445 g/mol. The first-order chi connectivity index (χ1) is 15.8. The minimum Gasteiger partial charge on any atom is -0.444 e. The fourth-order valence-corrected chi connectivity index (χ4v) is 4.49. The van der Waals surface area contributed by atoms with Crippen LogP contribution in [0.4, 0.5) is 10.6 Å². The van der Waals surface area contributed by atoms with Gasteiger partial charge in [-0.1, -0.05) is 35.5 Å². The van der Waals surface area contributed by atoms with Gasteiger partial charge in [0.05, 0.1) is 11.4 Å². The minimum absolute atomic E-state index is 0.00828. The lowest BCUT2D eigenvalue weighted by molar-refractivity contribution is 0.0265. The molecule has 2 aliphatic rings. The van der Waals surface area contributed by atoms with Crippen molar-refractivity contribution >= 4 is 34.2 Å². The Kier molecular flexibility index (Phi) is 5.19. The van der Waals surface area contributed by atoms with E-state index in [9.17, 15) is 4.79 Å². The molecule has 1 fully saturated rings. The van der Waals surface area contributed by atoms with E-state index in [1.807, 2.05) is 50.1 Å². The summed E-state index contributed by atoms with van der Waals surface area (Å²) in [7, 11) is 0.